The predicted octanol–water partition coefficient (Wildman–Crippen LogP) is 1.58. The Kier molecular flexibility index (Phi) is 6.40. The van der Waals surface area contributed by atoms with Gasteiger partial charge in [0.2, 0.25) is 5.91 Å². The van der Waals surface area contributed by atoms with E-state index < -0.39 is 11.9 Å². The van der Waals surface area contributed by atoms with Crippen LogP contribution in [-0.4, -0.2) is 55.3 Å². The third kappa shape index (κ3) is 5.25. The Balaban J connectivity index is 1.79. The first-order valence-corrected chi connectivity index (χ1v) is 7.81. The fourth-order valence-electron chi connectivity index (χ4n) is 2.58. The molecule has 1 atom stereocenters. The molecule has 0 saturated carbocycles. The number of carbonyl (C=O) groups is 2. The van der Waals surface area contributed by atoms with Crippen LogP contribution in [0.25, 0.3) is 0 Å². The third-order valence-electron chi connectivity index (χ3n) is 3.98. The van der Waals surface area contributed by atoms with Crippen molar-refractivity contribution >= 4 is 11.9 Å². The Hall–Kier alpha value is -2.08. The van der Waals surface area contributed by atoms with E-state index in [-0.39, 0.29) is 19.1 Å². The maximum absolute atomic E-state index is 12.3. The lowest BCUT2D eigenvalue weighted by atomic mass is 10.1. The second kappa shape index (κ2) is 8.53. The third-order valence-corrected chi connectivity index (χ3v) is 3.98. The summed E-state index contributed by atoms with van der Waals surface area (Å²) in [5.41, 5.74) is 1.15. The lowest BCUT2D eigenvalue weighted by Gasteiger charge is -2.21. The van der Waals surface area contributed by atoms with Gasteiger partial charge in [0.15, 0.2) is 0 Å². The Morgan fingerprint density at radius 3 is 2.74 bits per heavy atom. The predicted molar refractivity (Wildman–Crippen MR) is 84.5 cm³/mol. The summed E-state index contributed by atoms with van der Waals surface area (Å²) in [5.74, 6) is -0.740. The monoisotopic (exact) mass is 321 g/mol. The summed E-state index contributed by atoms with van der Waals surface area (Å²) in [6, 6.07) is 7.79. The van der Waals surface area contributed by atoms with E-state index >= 15 is 0 Å². The van der Waals surface area contributed by atoms with Gasteiger partial charge < -0.3 is 19.5 Å². The van der Waals surface area contributed by atoms with Gasteiger partial charge in [0.05, 0.1) is 26.2 Å². The number of hydrogen-bond acceptors (Lipinski definition) is 4. The molecule has 1 saturated heterocycles. The minimum absolute atomic E-state index is 0.00439. The number of hydrogen-bond donors (Lipinski definition) is 1. The van der Waals surface area contributed by atoms with Gasteiger partial charge in [-0.05, 0) is 30.5 Å². The van der Waals surface area contributed by atoms with Crippen LogP contribution in [0.5, 0.6) is 5.75 Å². The first kappa shape index (κ1) is 17.3. The van der Waals surface area contributed by atoms with E-state index in [1.54, 1.807) is 12.0 Å². The van der Waals surface area contributed by atoms with Crippen molar-refractivity contribution in [3.05, 3.63) is 29.8 Å². The molecule has 1 unspecified atom stereocenters. The lowest BCUT2D eigenvalue weighted by molar-refractivity contribution is -0.144. The summed E-state index contributed by atoms with van der Waals surface area (Å²) >= 11 is 0. The molecule has 1 fully saturated rings. The molecule has 0 aliphatic carbocycles. The van der Waals surface area contributed by atoms with Gasteiger partial charge >= 0.3 is 5.97 Å². The van der Waals surface area contributed by atoms with Gasteiger partial charge in [0, 0.05) is 19.5 Å². The zero-order valence-corrected chi connectivity index (χ0v) is 13.4. The van der Waals surface area contributed by atoms with Crippen LogP contribution >= 0.6 is 0 Å². The van der Waals surface area contributed by atoms with Crippen molar-refractivity contribution in [3.63, 3.8) is 0 Å². The van der Waals surface area contributed by atoms with Crippen LogP contribution in [0.4, 0.5) is 0 Å². The molecular formula is C17H23NO5. The van der Waals surface area contributed by atoms with Crippen molar-refractivity contribution in [2.75, 3.05) is 33.4 Å². The van der Waals surface area contributed by atoms with Crippen molar-refractivity contribution < 1.29 is 24.2 Å². The molecule has 6 heteroatoms. The number of rotatable bonds is 6. The van der Waals surface area contributed by atoms with Crippen LogP contribution < -0.4 is 4.74 Å². The number of carboxylic acids is 1. The fourth-order valence-corrected chi connectivity index (χ4v) is 2.58. The molecule has 23 heavy (non-hydrogen) atoms. The summed E-state index contributed by atoms with van der Waals surface area (Å²) in [6.45, 7) is 1.26. The summed E-state index contributed by atoms with van der Waals surface area (Å²) < 4.78 is 10.4. The number of benzene rings is 1. The number of methoxy groups -OCH3 is 1. The minimum Gasteiger partial charge on any atom is -0.497 e. The molecular weight excluding hydrogens is 298 g/mol. The van der Waals surface area contributed by atoms with Crippen molar-refractivity contribution in [2.45, 2.75) is 19.3 Å². The van der Waals surface area contributed by atoms with Crippen molar-refractivity contribution in [3.8, 4) is 5.75 Å². The van der Waals surface area contributed by atoms with E-state index in [1.807, 2.05) is 24.3 Å². The van der Waals surface area contributed by atoms with Crippen molar-refractivity contribution in [2.24, 2.45) is 5.92 Å². The minimum atomic E-state index is -0.914. The largest absolute Gasteiger partial charge is 0.497 e. The van der Waals surface area contributed by atoms with Gasteiger partial charge in [-0.2, -0.15) is 0 Å². The van der Waals surface area contributed by atoms with E-state index in [1.165, 1.54) is 0 Å². The van der Waals surface area contributed by atoms with E-state index in [2.05, 4.69) is 0 Å². The van der Waals surface area contributed by atoms with Crippen LogP contribution in [0.3, 0.4) is 0 Å². The van der Waals surface area contributed by atoms with Crippen LogP contribution in [0.1, 0.15) is 18.4 Å². The number of ether oxygens (including phenoxy) is 2. The number of amides is 1. The standard InChI is InChI=1S/C17H23NO5/c1-22-15-7-5-13(6-8-15)3-2-4-16(19)18-9-10-23-12-14(11-18)17(20)21/h5-8,14H,2-4,9-12H2,1H3,(H,20,21). The zero-order valence-electron chi connectivity index (χ0n) is 13.4. The van der Waals surface area contributed by atoms with Crippen molar-refractivity contribution in [1.29, 1.82) is 0 Å². The van der Waals surface area contributed by atoms with Crippen LogP contribution in [0.2, 0.25) is 0 Å². The maximum atomic E-state index is 12.3. The average Bonchev–Trinajstić information content (AvgIpc) is 2.81. The van der Waals surface area contributed by atoms with Crippen LogP contribution in [0.15, 0.2) is 24.3 Å². The molecule has 126 valence electrons. The van der Waals surface area contributed by atoms with Gasteiger partial charge in [-0.1, -0.05) is 12.1 Å². The van der Waals surface area contributed by atoms with Crippen LogP contribution in [0, 0.1) is 5.92 Å². The highest BCUT2D eigenvalue weighted by Crippen LogP contribution is 2.14. The number of carboxylic acid groups (broad SMARTS) is 1. The Labute approximate surface area is 136 Å². The normalized spacial score (nSPS) is 18.3. The molecule has 1 aromatic carbocycles. The summed E-state index contributed by atoms with van der Waals surface area (Å²) in [4.78, 5) is 25.0. The van der Waals surface area contributed by atoms with E-state index in [4.69, 9.17) is 14.6 Å². The van der Waals surface area contributed by atoms with Gasteiger partial charge in [-0.3, -0.25) is 9.59 Å². The Morgan fingerprint density at radius 1 is 1.35 bits per heavy atom. The molecule has 1 heterocycles. The second-order valence-corrected chi connectivity index (χ2v) is 5.65. The average molecular weight is 321 g/mol. The van der Waals surface area contributed by atoms with E-state index in [0.29, 0.717) is 19.6 Å². The molecule has 0 bridgehead atoms. The van der Waals surface area contributed by atoms with Gasteiger partial charge in [0.1, 0.15) is 5.75 Å². The first-order valence-electron chi connectivity index (χ1n) is 7.81. The van der Waals surface area contributed by atoms with E-state index in [0.717, 1.165) is 24.2 Å². The van der Waals surface area contributed by atoms with Crippen molar-refractivity contribution in [1.82, 2.24) is 4.90 Å². The molecule has 0 spiro atoms. The quantitative estimate of drug-likeness (QED) is 0.861. The highest BCUT2D eigenvalue weighted by atomic mass is 16.5. The smallest absolute Gasteiger partial charge is 0.310 e. The highest BCUT2D eigenvalue weighted by Gasteiger charge is 2.26. The molecule has 1 aromatic rings. The van der Waals surface area contributed by atoms with Gasteiger partial charge in [0.25, 0.3) is 0 Å². The topological polar surface area (TPSA) is 76.1 Å². The zero-order chi connectivity index (χ0) is 16.7. The molecule has 1 aliphatic heterocycles. The lowest BCUT2D eigenvalue weighted by Crippen LogP contribution is -2.38. The Bertz CT molecular complexity index is 528. The first-order chi connectivity index (χ1) is 11.1. The summed E-state index contributed by atoms with van der Waals surface area (Å²) in [7, 11) is 1.63. The summed E-state index contributed by atoms with van der Waals surface area (Å²) in [5, 5.41) is 9.10. The number of aliphatic carboxylic acids is 1. The molecule has 2 rings (SSSR count). The molecule has 0 radical (unpaired) electrons. The molecule has 1 aliphatic rings. The summed E-state index contributed by atoms with van der Waals surface area (Å²) in [6.07, 6.45) is 1.96. The number of aryl methyl sites for hydroxylation is 1. The fraction of sp³-hybridized carbons (Fsp3) is 0.529. The molecule has 6 nitrogen and oxygen atoms in total. The Morgan fingerprint density at radius 2 is 2.09 bits per heavy atom. The maximum Gasteiger partial charge on any atom is 0.310 e. The van der Waals surface area contributed by atoms with Gasteiger partial charge in [-0.15, -0.1) is 0 Å². The SMILES string of the molecule is COc1ccc(CCCC(=O)N2CCOCC(C(=O)O)C2)cc1. The highest BCUT2D eigenvalue weighted by molar-refractivity contribution is 5.77. The molecule has 1 N–H and O–H groups in total. The number of nitrogens with zero attached hydrogens (tertiary/aromatic N) is 1. The number of carbonyl (C=O) groups excluding carboxylic acids is 1. The second-order valence-electron chi connectivity index (χ2n) is 5.65. The van der Waals surface area contributed by atoms with E-state index in [9.17, 15) is 9.59 Å². The molecule has 0 aromatic heterocycles. The molecule has 1 amide bonds. The van der Waals surface area contributed by atoms with Crippen LogP contribution in [-0.2, 0) is 20.7 Å². The van der Waals surface area contributed by atoms with Gasteiger partial charge in [-0.25, -0.2) is 0 Å².